The van der Waals surface area contributed by atoms with Gasteiger partial charge in [0.15, 0.2) is 16.6 Å². The van der Waals surface area contributed by atoms with E-state index in [2.05, 4.69) is 21.1 Å². The number of carbonyl (C=O) groups excluding carboxylic acids is 1. The summed E-state index contributed by atoms with van der Waals surface area (Å²) in [4.78, 5) is 35.9. The van der Waals surface area contributed by atoms with Gasteiger partial charge in [0.2, 0.25) is 5.91 Å². The Morgan fingerprint density at radius 1 is 1.19 bits per heavy atom. The van der Waals surface area contributed by atoms with Crippen molar-refractivity contribution in [2.45, 2.75) is 24.5 Å². The Morgan fingerprint density at radius 3 is 2.81 bits per heavy atom. The summed E-state index contributed by atoms with van der Waals surface area (Å²) in [6.07, 6.45) is 0.839. The summed E-state index contributed by atoms with van der Waals surface area (Å²) in [5.74, 6) is 0.565. The van der Waals surface area contributed by atoms with E-state index in [1.807, 2.05) is 48.2 Å². The van der Waals surface area contributed by atoms with Crippen molar-refractivity contribution in [2.75, 3.05) is 10.7 Å². The molecule has 1 aliphatic heterocycles. The van der Waals surface area contributed by atoms with E-state index in [4.69, 9.17) is 11.6 Å². The number of aromatic amines is 1. The van der Waals surface area contributed by atoms with Gasteiger partial charge in [-0.15, -0.1) is 0 Å². The first-order valence-corrected chi connectivity index (χ1v) is 11.1. The van der Waals surface area contributed by atoms with Gasteiger partial charge in [0, 0.05) is 23.4 Å². The zero-order chi connectivity index (χ0) is 21.5. The number of carbonyl (C=O) groups is 1. The van der Waals surface area contributed by atoms with Crippen molar-refractivity contribution in [2.24, 2.45) is 0 Å². The van der Waals surface area contributed by atoms with Gasteiger partial charge in [-0.05, 0) is 37.1 Å². The minimum Gasteiger partial charge on any atom is -0.308 e. The van der Waals surface area contributed by atoms with Gasteiger partial charge in [0.25, 0.3) is 5.56 Å². The normalized spacial score (nSPS) is 15.4. The van der Waals surface area contributed by atoms with Crippen LogP contribution in [-0.2, 0) is 11.2 Å². The second-order valence-electron chi connectivity index (χ2n) is 7.36. The van der Waals surface area contributed by atoms with E-state index in [0.717, 1.165) is 12.1 Å². The van der Waals surface area contributed by atoms with E-state index in [9.17, 15) is 9.59 Å². The monoisotopic (exact) mass is 451 g/mol. The second-order valence-corrected chi connectivity index (χ2v) is 8.71. The van der Waals surface area contributed by atoms with Crippen LogP contribution in [0.3, 0.4) is 0 Å². The van der Waals surface area contributed by atoms with Gasteiger partial charge in [-0.25, -0.2) is 14.5 Å². The fourth-order valence-corrected chi connectivity index (χ4v) is 4.92. The number of nitrogens with zero attached hydrogens (tertiary/aromatic N) is 4. The average molecular weight is 452 g/mol. The summed E-state index contributed by atoms with van der Waals surface area (Å²) in [6, 6.07) is 16.7. The molecule has 31 heavy (non-hydrogen) atoms. The summed E-state index contributed by atoms with van der Waals surface area (Å²) >= 11 is 7.58. The number of aromatic nitrogens is 4. The van der Waals surface area contributed by atoms with Crippen molar-refractivity contribution < 1.29 is 4.79 Å². The van der Waals surface area contributed by atoms with Crippen molar-refractivity contribution in [1.82, 2.24) is 19.6 Å². The molecule has 7 nitrogen and oxygen atoms in total. The Morgan fingerprint density at radius 2 is 1.97 bits per heavy atom. The molecule has 0 unspecified atom stereocenters. The lowest BCUT2D eigenvalue weighted by atomic mass is 10.1. The molecule has 1 amide bonds. The van der Waals surface area contributed by atoms with Gasteiger partial charge >= 0.3 is 0 Å². The van der Waals surface area contributed by atoms with Gasteiger partial charge < -0.3 is 4.90 Å². The van der Waals surface area contributed by atoms with Gasteiger partial charge in [-0.2, -0.15) is 0 Å². The molecule has 0 saturated heterocycles. The summed E-state index contributed by atoms with van der Waals surface area (Å²) in [5, 5.41) is 3.68. The molecule has 0 bridgehead atoms. The first-order valence-electron chi connectivity index (χ1n) is 9.79. The second kappa shape index (κ2) is 7.86. The number of rotatable bonds is 4. The van der Waals surface area contributed by atoms with E-state index < -0.39 is 0 Å². The summed E-state index contributed by atoms with van der Waals surface area (Å²) in [6.45, 7) is 2.05. The number of hydrogen-bond acceptors (Lipinski definition) is 5. The van der Waals surface area contributed by atoms with Crippen LogP contribution >= 0.6 is 23.4 Å². The van der Waals surface area contributed by atoms with E-state index in [1.54, 1.807) is 6.07 Å². The standard InChI is InChI=1S/C22H18ClN5O2S/c1-13-10-14-6-2-5-9-17(14)27(13)20(30)12-31-22-25-21(15-7-3-4-8-16(15)23)24-18-11-19(29)26-28(18)22/h2-9,11,13H,10,12H2,1H3,(H,26,29)/t13-/m1/s1. The Bertz CT molecular complexity index is 1370. The lowest BCUT2D eigenvalue weighted by Crippen LogP contribution is -2.37. The van der Waals surface area contributed by atoms with Gasteiger partial charge in [0.1, 0.15) is 0 Å². The number of hydrogen-bond donors (Lipinski definition) is 1. The number of fused-ring (bicyclic) bond motifs is 2. The van der Waals surface area contributed by atoms with Crippen LogP contribution in [0.25, 0.3) is 17.0 Å². The van der Waals surface area contributed by atoms with Crippen LogP contribution in [0, 0.1) is 0 Å². The van der Waals surface area contributed by atoms with Crippen LogP contribution in [0.2, 0.25) is 5.02 Å². The first-order chi connectivity index (χ1) is 15.0. The van der Waals surface area contributed by atoms with Crippen LogP contribution < -0.4 is 10.5 Å². The van der Waals surface area contributed by atoms with Crippen molar-refractivity contribution >= 4 is 40.6 Å². The molecule has 0 fully saturated rings. The third-order valence-electron chi connectivity index (χ3n) is 5.24. The highest BCUT2D eigenvalue weighted by atomic mass is 35.5. The Hall–Kier alpha value is -3.10. The molecular formula is C22H18ClN5O2S. The molecule has 4 aromatic rings. The maximum atomic E-state index is 13.1. The van der Waals surface area contributed by atoms with E-state index in [-0.39, 0.29) is 23.3 Å². The number of amides is 1. The number of para-hydroxylation sites is 1. The summed E-state index contributed by atoms with van der Waals surface area (Å²) in [5.41, 5.74) is 2.93. The molecular weight excluding hydrogens is 434 g/mol. The van der Waals surface area contributed by atoms with Crippen molar-refractivity contribution in [3.63, 3.8) is 0 Å². The molecule has 0 aliphatic carbocycles. The number of thioether (sulfide) groups is 1. The van der Waals surface area contributed by atoms with Crippen molar-refractivity contribution in [3.8, 4) is 11.4 Å². The zero-order valence-electron chi connectivity index (χ0n) is 16.6. The third-order valence-corrected chi connectivity index (χ3v) is 6.49. The predicted octanol–water partition coefficient (Wildman–Crippen LogP) is 3.81. The third kappa shape index (κ3) is 3.62. The lowest BCUT2D eigenvalue weighted by molar-refractivity contribution is -0.116. The van der Waals surface area contributed by atoms with Crippen LogP contribution in [0.5, 0.6) is 0 Å². The zero-order valence-corrected chi connectivity index (χ0v) is 18.2. The summed E-state index contributed by atoms with van der Waals surface area (Å²) in [7, 11) is 0. The lowest BCUT2D eigenvalue weighted by Gasteiger charge is -2.22. The number of halogens is 1. The molecule has 1 N–H and O–H groups in total. The molecule has 1 aliphatic rings. The number of nitrogens with one attached hydrogen (secondary N) is 1. The van der Waals surface area contributed by atoms with Gasteiger partial charge in [-0.3, -0.25) is 14.7 Å². The van der Waals surface area contributed by atoms with Crippen LogP contribution in [0.15, 0.2) is 64.5 Å². The smallest absolute Gasteiger partial charge is 0.266 e. The first kappa shape index (κ1) is 19.8. The highest BCUT2D eigenvalue weighted by Crippen LogP contribution is 2.33. The van der Waals surface area contributed by atoms with Crippen LogP contribution in [0.4, 0.5) is 5.69 Å². The summed E-state index contributed by atoms with van der Waals surface area (Å²) < 4.78 is 1.50. The molecule has 2 aromatic heterocycles. The fourth-order valence-electron chi connectivity index (χ4n) is 3.88. The Balaban J connectivity index is 1.47. The molecule has 0 saturated carbocycles. The quantitative estimate of drug-likeness (QED) is 0.477. The highest BCUT2D eigenvalue weighted by Gasteiger charge is 2.30. The molecule has 0 radical (unpaired) electrons. The van der Waals surface area contributed by atoms with Gasteiger partial charge in [0.05, 0.1) is 10.8 Å². The molecule has 156 valence electrons. The van der Waals surface area contributed by atoms with E-state index >= 15 is 0 Å². The number of H-pyrrole nitrogens is 1. The van der Waals surface area contributed by atoms with Crippen molar-refractivity contribution in [3.05, 3.63) is 75.5 Å². The SMILES string of the molecule is C[C@@H]1Cc2ccccc2N1C(=O)CSc1nc(-c2ccccc2Cl)nc2cc(=O)[nH]n12. The molecule has 3 heterocycles. The van der Waals surface area contributed by atoms with Crippen LogP contribution in [0.1, 0.15) is 12.5 Å². The maximum Gasteiger partial charge on any atom is 0.266 e. The molecule has 5 rings (SSSR count). The van der Waals surface area contributed by atoms with Gasteiger partial charge in [-0.1, -0.05) is 53.7 Å². The topological polar surface area (TPSA) is 83.4 Å². The average Bonchev–Trinajstić information content (AvgIpc) is 3.30. The minimum atomic E-state index is -0.291. The highest BCUT2D eigenvalue weighted by molar-refractivity contribution is 7.99. The molecule has 9 heteroatoms. The Labute approximate surface area is 187 Å². The van der Waals surface area contributed by atoms with E-state index in [0.29, 0.717) is 27.2 Å². The molecule has 2 aromatic carbocycles. The molecule has 0 spiro atoms. The molecule has 1 atom stereocenters. The Kier molecular flexibility index (Phi) is 5.03. The maximum absolute atomic E-state index is 13.1. The fraction of sp³-hybridized carbons (Fsp3) is 0.182. The number of anilines is 1. The number of benzene rings is 2. The minimum absolute atomic E-state index is 0.0111. The van der Waals surface area contributed by atoms with Crippen LogP contribution in [-0.4, -0.2) is 37.3 Å². The van der Waals surface area contributed by atoms with Crippen molar-refractivity contribution in [1.29, 1.82) is 0 Å². The predicted molar refractivity (Wildman–Crippen MR) is 122 cm³/mol. The largest absolute Gasteiger partial charge is 0.308 e. The van der Waals surface area contributed by atoms with E-state index in [1.165, 1.54) is 27.9 Å².